The van der Waals surface area contributed by atoms with E-state index in [4.69, 9.17) is 0 Å². The summed E-state index contributed by atoms with van der Waals surface area (Å²) in [6.07, 6.45) is 0. The van der Waals surface area contributed by atoms with Crippen molar-refractivity contribution in [2.45, 2.75) is 0 Å². The first-order chi connectivity index (χ1) is 17.3. The van der Waals surface area contributed by atoms with E-state index in [-0.39, 0.29) is 0 Å². The summed E-state index contributed by atoms with van der Waals surface area (Å²) in [4.78, 5) is 0. The Hall–Kier alpha value is -4.62. The lowest BCUT2D eigenvalue weighted by Gasteiger charge is -2.14. The number of rotatable bonds is 5. The molecule has 6 aromatic rings. The standard InChI is InChI=1S/C34H25N/c1-2-9-25(10-3-1)27-17-20-28(21-18-27)33-15-6-7-16-34(33)35-32-14-8-13-30(24-32)31-22-19-26-11-4-5-12-29(26)23-31/h1-24,35H. The highest BCUT2D eigenvalue weighted by Crippen LogP contribution is 2.33. The summed E-state index contributed by atoms with van der Waals surface area (Å²) in [5.41, 5.74) is 9.42. The average molecular weight is 448 g/mol. The lowest BCUT2D eigenvalue weighted by atomic mass is 9.99. The van der Waals surface area contributed by atoms with Gasteiger partial charge < -0.3 is 5.32 Å². The Morgan fingerprint density at radius 3 is 1.80 bits per heavy atom. The third kappa shape index (κ3) is 4.45. The minimum atomic E-state index is 1.07. The molecule has 0 aliphatic rings. The first-order valence-corrected chi connectivity index (χ1v) is 11.9. The smallest absolute Gasteiger partial charge is 0.0463 e. The fourth-order valence-electron chi connectivity index (χ4n) is 4.62. The van der Waals surface area contributed by atoms with Crippen molar-refractivity contribution in [2.24, 2.45) is 0 Å². The zero-order chi connectivity index (χ0) is 23.5. The third-order valence-corrected chi connectivity index (χ3v) is 6.45. The van der Waals surface area contributed by atoms with Gasteiger partial charge in [0.15, 0.2) is 0 Å². The van der Waals surface area contributed by atoms with Crippen molar-refractivity contribution in [2.75, 3.05) is 5.32 Å². The maximum Gasteiger partial charge on any atom is 0.0463 e. The second-order valence-electron chi connectivity index (χ2n) is 8.76. The van der Waals surface area contributed by atoms with Crippen LogP contribution in [-0.4, -0.2) is 0 Å². The normalized spacial score (nSPS) is 10.9. The first-order valence-electron chi connectivity index (χ1n) is 11.9. The number of fused-ring (bicyclic) bond motifs is 1. The molecule has 166 valence electrons. The van der Waals surface area contributed by atoms with Crippen LogP contribution in [0.5, 0.6) is 0 Å². The van der Waals surface area contributed by atoms with Gasteiger partial charge in [-0.2, -0.15) is 0 Å². The van der Waals surface area contributed by atoms with Crippen LogP contribution in [-0.2, 0) is 0 Å². The molecule has 1 N–H and O–H groups in total. The summed E-state index contributed by atoms with van der Waals surface area (Å²) in [5.74, 6) is 0. The Morgan fingerprint density at radius 2 is 0.943 bits per heavy atom. The van der Waals surface area contributed by atoms with Gasteiger partial charge in [0.25, 0.3) is 0 Å². The minimum absolute atomic E-state index is 1.07. The molecule has 0 bridgehead atoms. The number of hydrogen-bond acceptors (Lipinski definition) is 1. The molecule has 0 aliphatic carbocycles. The van der Waals surface area contributed by atoms with Crippen molar-refractivity contribution in [3.63, 3.8) is 0 Å². The van der Waals surface area contributed by atoms with Gasteiger partial charge in [-0.05, 0) is 62.9 Å². The molecule has 1 nitrogen and oxygen atoms in total. The van der Waals surface area contributed by atoms with Gasteiger partial charge in [0, 0.05) is 16.9 Å². The van der Waals surface area contributed by atoms with Crippen LogP contribution in [0.4, 0.5) is 11.4 Å². The van der Waals surface area contributed by atoms with E-state index in [2.05, 4.69) is 151 Å². The van der Waals surface area contributed by atoms with Gasteiger partial charge in [-0.1, -0.05) is 121 Å². The maximum absolute atomic E-state index is 3.66. The van der Waals surface area contributed by atoms with Crippen molar-refractivity contribution in [1.29, 1.82) is 0 Å². The van der Waals surface area contributed by atoms with Crippen molar-refractivity contribution < 1.29 is 0 Å². The monoisotopic (exact) mass is 447 g/mol. The molecule has 0 aliphatic heterocycles. The van der Waals surface area contributed by atoms with Gasteiger partial charge in [-0.25, -0.2) is 0 Å². The molecule has 0 radical (unpaired) electrons. The average Bonchev–Trinajstić information content (AvgIpc) is 2.94. The summed E-state index contributed by atoms with van der Waals surface area (Å²) >= 11 is 0. The van der Waals surface area contributed by atoms with Gasteiger partial charge in [0.1, 0.15) is 0 Å². The number of benzene rings is 6. The lowest BCUT2D eigenvalue weighted by molar-refractivity contribution is 1.52. The number of para-hydroxylation sites is 1. The largest absolute Gasteiger partial charge is 0.355 e. The summed E-state index contributed by atoms with van der Waals surface area (Å²) in [7, 11) is 0. The molecule has 0 aromatic heterocycles. The van der Waals surface area contributed by atoms with E-state index in [1.807, 2.05) is 0 Å². The molecule has 0 amide bonds. The fourth-order valence-corrected chi connectivity index (χ4v) is 4.62. The van der Waals surface area contributed by atoms with Gasteiger partial charge in [0.05, 0.1) is 0 Å². The lowest BCUT2D eigenvalue weighted by Crippen LogP contribution is -1.94. The highest BCUT2D eigenvalue weighted by atomic mass is 14.9. The fraction of sp³-hybridized carbons (Fsp3) is 0. The van der Waals surface area contributed by atoms with E-state index in [1.165, 1.54) is 44.2 Å². The van der Waals surface area contributed by atoms with Crippen LogP contribution in [0.15, 0.2) is 146 Å². The summed E-state index contributed by atoms with van der Waals surface area (Å²) in [5, 5.41) is 6.18. The van der Waals surface area contributed by atoms with Crippen molar-refractivity contribution >= 4 is 22.1 Å². The maximum atomic E-state index is 3.66. The molecule has 1 heteroatoms. The Balaban J connectivity index is 1.30. The Kier molecular flexibility index (Phi) is 5.58. The van der Waals surface area contributed by atoms with E-state index in [9.17, 15) is 0 Å². The van der Waals surface area contributed by atoms with E-state index in [1.54, 1.807) is 0 Å². The predicted molar refractivity (Wildman–Crippen MR) is 150 cm³/mol. The molecule has 6 aromatic carbocycles. The second kappa shape index (κ2) is 9.32. The predicted octanol–water partition coefficient (Wildman–Crippen LogP) is 9.58. The molecular weight excluding hydrogens is 422 g/mol. The van der Waals surface area contributed by atoms with E-state index < -0.39 is 0 Å². The van der Waals surface area contributed by atoms with Crippen LogP contribution in [0.1, 0.15) is 0 Å². The Bertz CT molecular complexity index is 1600. The highest BCUT2D eigenvalue weighted by Gasteiger charge is 2.07. The van der Waals surface area contributed by atoms with E-state index >= 15 is 0 Å². The third-order valence-electron chi connectivity index (χ3n) is 6.45. The second-order valence-corrected chi connectivity index (χ2v) is 8.76. The number of hydrogen-bond donors (Lipinski definition) is 1. The van der Waals surface area contributed by atoms with E-state index in [0.717, 1.165) is 11.4 Å². The van der Waals surface area contributed by atoms with Crippen LogP contribution in [0.2, 0.25) is 0 Å². The Labute approximate surface area is 206 Å². The summed E-state index contributed by atoms with van der Waals surface area (Å²) in [6.45, 7) is 0. The Morgan fingerprint density at radius 1 is 0.343 bits per heavy atom. The van der Waals surface area contributed by atoms with Crippen molar-refractivity contribution in [1.82, 2.24) is 0 Å². The summed E-state index contributed by atoms with van der Waals surface area (Å²) in [6, 6.07) is 51.6. The molecule has 0 spiro atoms. The van der Waals surface area contributed by atoms with Crippen LogP contribution >= 0.6 is 0 Å². The minimum Gasteiger partial charge on any atom is -0.355 e. The SMILES string of the molecule is c1ccc(-c2ccc(-c3ccccc3Nc3cccc(-c4ccc5ccccc5c4)c3)cc2)cc1. The molecule has 35 heavy (non-hydrogen) atoms. The molecular formula is C34H25N. The van der Waals surface area contributed by atoms with Gasteiger partial charge in [-0.15, -0.1) is 0 Å². The first kappa shape index (κ1) is 20.9. The molecule has 0 saturated carbocycles. The van der Waals surface area contributed by atoms with Crippen LogP contribution in [0, 0.1) is 0 Å². The highest BCUT2D eigenvalue weighted by molar-refractivity contribution is 5.88. The van der Waals surface area contributed by atoms with Crippen LogP contribution < -0.4 is 5.32 Å². The molecule has 0 fully saturated rings. The zero-order valence-corrected chi connectivity index (χ0v) is 19.4. The van der Waals surface area contributed by atoms with Gasteiger partial charge in [-0.3, -0.25) is 0 Å². The van der Waals surface area contributed by atoms with Crippen LogP contribution in [0.25, 0.3) is 44.2 Å². The number of nitrogens with one attached hydrogen (secondary N) is 1. The molecule has 0 saturated heterocycles. The topological polar surface area (TPSA) is 12.0 Å². The molecule has 0 atom stereocenters. The van der Waals surface area contributed by atoms with Gasteiger partial charge >= 0.3 is 0 Å². The quantitative estimate of drug-likeness (QED) is 0.277. The molecule has 0 heterocycles. The van der Waals surface area contributed by atoms with Gasteiger partial charge in [0.2, 0.25) is 0 Å². The zero-order valence-electron chi connectivity index (χ0n) is 19.4. The summed E-state index contributed by atoms with van der Waals surface area (Å²) < 4.78 is 0. The van der Waals surface area contributed by atoms with Crippen molar-refractivity contribution in [3.8, 4) is 33.4 Å². The van der Waals surface area contributed by atoms with Crippen molar-refractivity contribution in [3.05, 3.63) is 146 Å². The molecule has 6 rings (SSSR count). The van der Waals surface area contributed by atoms with Crippen LogP contribution in [0.3, 0.4) is 0 Å². The van der Waals surface area contributed by atoms with E-state index in [0.29, 0.717) is 0 Å². The molecule has 0 unspecified atom stereocenters. The number of anilines is 2.